The lowest BCUT2D eigenvalue weighted by Gasteiger charge is -2.14. The topological polar surface area (TPSA) is 236 Å². The molecule has 0 aliphatic heterocycles. The Morgan fingerprint density at radius 3 is 2.41 bits per heavy atom. The molecule has 0 heterocycles. The molecule has 0 radical (unpaired) electrons. The zero-order valence-corrected chi connectivity index (χ0v) is 13.9. The van der Waals surface area contributed by atoms with E-state index in [-0.39, 0.29) is 18.6 Å². The average Bonchev–Trinajstić information content (AvgIpc) is 2.58. The molecule has 0 aliphatic carbocycles. The average molecular weight is 395 g/mol. The predicted octanol–water partition coefficient (Wildman–Crippen LogP) is -2.00. The van der Waals surface area contributed by atoms with Gasteiger partial charge in [0.15, 0.2) is 0 Å². The normalized spacial score (nSPS) is 13.0. The van der Waals surface area contributed by atoms with E-state index in [2.05, 4.69) is 25.0 Å². The molecule has 0 aromatic heterocycles. The highest BCUT2D eigenvalue weighted by Crippen LogP contribution is 1.98. The third-order valence-electron chi connectivity index (χ3n) is 2.68. The van der Waals surface area contributed by atoms with Crippen LogP contribution in [0.15, 0.2) is 5.16 Å². The van der Waals surface area contributed by atoms with Gasteiger partial charge in [-0.1, -0.05) is 5.16 Å². The van der Waals surface area contributed by atoms with Crippen LogP contribution in [0.25, 0.3) is 0 Å². The standard InChI is InChI=1S/C11H17N5O11/c1-6(14-26-9(17)3-2-8(12)11(19)20)10(18)13-4-7(27-16(23)24)5-25-15(21)22/h7-8H,2-5,12H2,1H3,(H,13,18)(H,19,20)/b14-6+/t7-,8+/m1/s1. The quantitative estimate of drug-likeness (QED) is 0.133. The number of rotatable bonds is 13. The molecular formula is C11H17N5O11. The lowest BCUT2D eigenvalue weighted by atomic mass is 10.2. The van der Waals surface area contributed by atoms with Crippen LogP contribution in [0.5, 0.6) is 0 Å². The van der Waals surface area contributed by atoms with Gasteiger partial charge in [0.25, 0.3) is 16.1 Å². The van der Waals surface area contributed by atoms with Gasteiger partial charge in [-0.25, -0.2) is 4.79 Å². The molecule has 0 bridgehead atoms. The first-order chi connectivity index (χ1) is 12.5. The van der Waals surface area contributed by atoms with Gasteiger partial charge in [-0.05, 0) is 13.3 Å². The number of carboxylic acids is 1. The Balaban J connectivity index is 4.45. The van der Waals surface area contributed by atoms with E-state index in [4.69, 9.17) is 10.8 Å². The SMILES string of the molecule is C/C(=N\OC(=O)CC[C@H](N)C(=O)O)C(=O)NC[C@H](CO[N+](=O)[O-])O[N+](=O)[O-]. The molecule has 0 spiro atoms. The van der Waals surface area contributed by atoms with Gasteiger partial charge < -0.3 is 30.7 Å². The molecule has 0 aromatic rings. The second-order valence-corrected chi connectivity index (χ2v) is 4.80. The molecule has 27 heavy (non-hydrogen) atoms. The number of oxime groups is 1. The van der Waals surface area contributed by atoms with Crippen LogP contribution in [0.2, 0.25) is 0 Å². The minimum atomic E-state index is -1.47. The molecule has 0 aromatic carbocycles. The number of hydrogen-bond acceptors (Lipinski definition) is 12. The summed E-state index contributed by atoms with van der Waals surface area (Å²) in [5.74, 6) is -3.15. The summed E-state index contributed by atoms with van der Waals surface area (Å²) in [7, 11) is 0. The lowest BCUT2D eigenvalue weighted by molar-refractivity contribution is -0.789. The van der Waals surface area contributed by atoms with Gasteiger partial charge in [0.1, 0.15) is 24.5 Å². The van der Waals surface area contributed by atoms with Gasteiger partial charge in [-0.3, -0.25) is 9.59 Å². The molecule has 16 heteroatoms. The summed E-state index contributed by atoms with van der Waals surface area (Å²) in [6, 6.07) is -1.26. The van der Waals surface area contributed by atoms with Crippen LogP contribution in [0.1, 0.15) is 19.8 Å². The summed E-state index contributed by atoms with van der Waals surface area (Å²) < 4.78 is 0. The van der Waals surface area contributed by atoms with Crippen LogP contribution < -0.4 is 11.1 Å². The number of amides is 1. The molecule has 152 valence electrons. The van der Waals surface area contributed by atoms with E-state index in [9.17, 15) is 34.6 Å². The molecule has 0 saturated carbocycles. The maximum atomic E-state index is 11.7. The fourth-order valence-corrected chi connectivity index (χ4v) is 1.33. The Morgan fingerprint density at radius 1 is 1.26 bits per heavy atom. The number of carboxylic acid groups (broad SMARTS) is 1. The number of nitrogens with one attached hydrogen (secondary N) is 1. The Hall–Kier alpha value is -3.56. The molecule has 0 saturated heterocycles. The van der Waals surface area contributed by atoms with Gasteiger partial charge in [0.2, 0.25) is 0 Å². The molecule has 0 rings (SSSR count). The van der Waals surface area contributed by atoms with E-state index in [1.165, 1.54) is 0 Å². The largest absolute Gasteiger partial charge is 0.480 e. The van der Waals surface area contributed by atoms with E-state index >= 15 is 0 Å². The maximum absolute atomic E-state index is 11.7. The minimum absolute atomic E-state index is 0.203. The maximum Gasteiger partial charge on any atom is 0.335 e. The van der Waals surface area contributed by atoms with Crippen molar-refractivity contribution in [1.82, 2.24) is 5.32 Å². The molecule has 0 fully saturated rings. The zero-order valence-electron chi connectivity index (χ0n) is 13.9. The van der Waals surface area contributed by atoms with Crippen molar-refractivity contribution >= 4 is 23.6 Å². The molecule has 0 unspecified atom stereocenters. The number of carbonyl (C=O) groups excluding carboxylic acids is 2. The predicted molar refractivity (Wildman–Crippen MR) is 81.9 cm³/mol. The summed E-state index contributed by atoms with van der Waals surface area (Å²) in [5, 5.41) is 31.8. The molecule has 1 amide bonds. The lowest BCUT2D eigenvalue weighted by Crippen LogP contribution is -2.40. The van der Waals surface area contributed by atoms with Crippen molar-refractivity contribution in [1.29, 1.82) is 0 Å². The molecular weight excluding hydrogens is 378 g/mol. The highest BCUT2D eigenvalue weighted by Gasteiger charge is 2.18. The van der Waals surface area contributed by atoms with Crippen LogP contribution >= 0.6 is 0 Å². The van der Waals surface area contributed by atoms with Crippen molar-refractivity contribution in [3.05, 3.63) is 20.2 Å². The summed E-state index contributed by atoms with van der Waals surface area (Å²) in [6.45, 7) is -0.215. The van der Waals surface area contributed by atoms with Crippen molar-refractivity contribution < 1.29 is 44.2 Å². The van der Waals surface area contributed by atoms with Crippen LogP contribution in [0, 0.1) is 20.2 Å². The monoisotopic (exact) mass is 395 g/mol. The Labute approximate surface area is 150 Å². The van der Waals surface area contributed by atoms with Crippen molar-refractivity contribution in [3.63, 3.8) is 0 Å². The van der Waals surface area contributed by atoms with Gasteiger partial charge >= 0.3 is 11.9 Å². The van der Waals surface area contributed by atoms with Gasteiger partial charge in [-0.15, -0.1) is 20.2 Å². The Bertz CT molecular complexity index is 608. The summed E-state index contributed by atoms with van der Waals surface area (Å²) >= 11 is 0. The van der Waals surface area contributed by atoms with Gasteiger partial charge in [0, 0.05) is 6.54 Å². The smallest absolute Gasteiger partial charge is 0.335 e. The van der Waals surface area contributed by atoms with Crippen molar-refractivity contribution in [2.75, 3.05) is 13.2 Å². The number of carbonyl (C=O) groups is 3. The third-order valence-corrected chi connectivity index (χ3v) is 2.68. The molecule has 0 aliphatic rings. The molecule has 2 atom stereocenters. The number of hydrogen-bond donors (Lipinski definition) is 3. The van der Waals surface area contributed by atoms with Crippen LogP contribution in [0.4, 0.5) is 0 Å². The van der Waals surface area contributed by atoms with Gasteiger partial charge in [0.05, 0.1) is 6.42 Å². The summed E-state index contributed by atoms with van der Waals surface area (Å²) in [6.07, 6.45) is -2.03. The number of aliphatic carboxylic acids is 1. The van der Waals surface area contributed by atoms with E-state index in [1.807, 2.05) is 0 Å². The van der Waals surface area contributed by atoms with Crippen LogP contribution in [-0.4, -0.2) is 64.1 Å². The minimum Gasteiger partial charge on any atom is -0.480 e. The third kappa shape index (κ3) is 11.6. The van der Waals surface area contributed by atoms with E-state index in [0.717, 1.165) is 6.92 Å². The zero-order chi connectivity index (χ0) is 21.0. The first-order valence-corrected chi connectivity index (χ1v) is 7.12. The summed E-state index contributed by atoms with van der Waals surface area (Å²) in [5.41, 5.74) is 4.83. The van der Waals surface area contributed by atoms with Gasteiger partial charge in [-0.2, -0.15) is 0 Å². The van der Waals surface area contributed by atoms with E-state index in [1.54, 1.807) is 0 Å². The number of nitrogens with two attached hydrogens (primary N) is 1. The highest BCUT2D eigenvalue weighted by atomic mass is 17.0. The first kappa shape index (κ1) is 23.4. The molecule has 4 N–H and O–H groups in total. The molecule has 16 nitrogen and oxygen atoms in total. The number of nitrogens with zero attached hydrogens (tertiary/aromatic N) is 3. The summed E-state index contributed by atoms with van der Waals surface area (Å²) in [4.78, 5) is 66.3. The second-order valence-electron chi connectivity index (χ2n) is 4.80. The second kappa shape index (κ2) is 11.9. The Morgan fingerprint density at radius 2 is 1.89 bits per heavy atom. The Kier molecular flexibility index (Phi) is 10.3. The fourth-order valence-electron chi connectivity index (χ4n) is 1.33. The highest BCUT2D eigenvalue weighted by molar-refractivity contribution is 6.37. The van der Waals surface area contributed by atoms with Crippen molar-refractivity contribution in [3.8, 4) is 0 Å². The van der Waals surface area contributed by atoms with E-state index < -0.39 is 53.3 Å². The van der Waals surface area contributed by atoms with Crippen LogP contribution in [-0.2, 0) is 28.9 Å². The fraction of sp³-hybridized carbons (Fsp3) is 0.636. The van der Waals surface area contributed by atoms with Crippen LogP contribution in [0.3, 0.4) is 0 Å². The van der Waals surface area contributed by atoms with E-state index in [0.29, 0.717) is 0 Å². The van der Waals surface area contributed by atoms with Crippen molar-refractivity contribution in [2.45, 2.75) is 31.9 Å². The van der Waals surface area contributed by atoms with Crippen molar-refractivity contribution in [2.24, 2.45) is 10.9 Å². The first-order valence-electron chi connectivity index (χ1n) is 7.12.